The molecule has 0 spiro atoms. The second-order valence-electron chi connectivity index (χ2n) is 9.15. The molecule has 1 heterocycles. The maximum atomic E-state index is 2.43. The first kappa shape index (κ1) is 19.2. The van der Waals surface area contributed by atoms with E-state index in [0.717, 1.165) is 0 Å². The molecule has 0 aliphatic carbocycles. The predicted octanol–water partition coefficient (Wildman–Crippen LogP) is 7.02. The Morgan fingerprint density at radius 1 is 0.441 bits per heavy atom. The Morgan fingerprint density at radius 3 is 1.97 bits per heavy atom. The molecule has 0 N–H and O–H groups in total. The first-order chi connectivity index (χ1) is 16.8. The third-order valence-electron chi connectivity index (χ3n) is 7.01. The van der Waals surface area contributed by atoms with Gasteiger partial charge in [-0.2, -0.15) is 0 Å². The van der Waals surface area contributed by atoms with Crippen LogP contribution in [0, 0.1) is 0 Å². The van der Waals surface area contributed by atoms with E-state index in [-0.39, 0.29) is 0 Å². The molecule has 158 valence electrons. The van der Waals surface area contributed by atoms with Crippen LogP contribution in [-0.4, -0.2) is 12.4 Å². The minimum atomic E-state index is 1.22. The highest BCUT2D eigenvalue weighted by Crippen LogP contribution is 2.36. The summed E-state index contributed by atoms with van der Waals surface area (Å²) < 4.78 is 2.43. The first-order valence-corrected chi connectivity index (χ1v) is 11.8. The molecule has 0 unspecified atom stereocenters. The summed E-state index contributed by atoms with van der Waals surface area (Å²) in [7, 11) is 2.17. The van der Waals surface area contributed by atoms with E-state index >= 15 is 0 Å². The molecule has 7 aromatic rings. The Hall–Kier alpha value is -4.30. The van der Waals surface area contributed by atoms with Gasteiger partial charge in [0.25, 0.3) is 0 Å². The Morgan fingerprint density at radius 2 is 1.09 bits per heavy atom. The Labute approximate surface area is 199 Å². The summed E-state index contributed by atoms with van der Waals surface area (Å²) in [4.78, 5) is 0. The number of fused-ring (bicyclic) bond motifs is 5. The van der Waals surface area contributed by atoms with Gasteiger partial charge in [0, 0.05) is 16.2 Å². The molecule has 0 saturated heterocycles. The van der Waals surface area contributed by atoms with Gasteiger partial charge in [-0.25, -0.2) is 0 Å². The molecule has 1 nitrogen and oxygen atoms in total. The van der Waals surface area contributed by atoms with Crippen LogP contribution in [0.1, 0.15) is 0 Å². The second kappa shape index (κ2) is 7.36. The summed E-state index contributed by atoms with van der Waals surface area (Å²) in [6.07, 6.45) is 0. The zero-order valence-electron chi connectivity index (χ0n) is 19.0. The van der Waals surface area contributed by atoms with Crippen LogP contribution in [0.15, 0.2) is 121 Å². The number of hydrogen-bond donors (Lipinski definition) is 0. The molecule has 7 rings (SSSR count). The Bertz CT molecular complexity index is 1870. The fraction of sp³-hybridized carbons (Fsp3) is 0. The van der Waals surface area contributed by atoms with E-state index in [0.29, 0.717) is 0 Å². The van der Waals surface area contributed by atoms with Crippen LogP contribution in [0.2, 0.25) is 0 Å². The molecule has 34 heavy (non-hydrogen) atoms. The molecule has 0 aliphatic rings. The van der Waals surface area contributed by atoms with E-state index in [2.05, 4.69) is 134 Å². The van der Waals surface area contributed by atoms with E-state index in [1.165, 1.54) is 65.6 Å². The SMILES string of the molecule is Bc1ccc2c(c1)c1cc(-c3ccc4ccccc4c3)ccc1n2-c1cccc2ccccc12. The van der Waals surface area contributed by atoms with E-state index < -0.39 is 0 Å². The molecule has 0 aliphatic heterocycles. The van der Waals surface area contributed by atoms with E-state index in [9.17, 15) is 0 Å². The maximum Gasteiger partial charge on any atom is 0.139 e. The molecule has 0 bridgehead atoms. The number of aromatic nitrogens is 1. The number of hydrogen-bond acceptors (Lipinski definition) is 0. The van der Waals surface area contributed by atoms with Crippen molar-refractivity contribution < 1.29 is 0 Å². The third-order valence-corrected chi connectivity index (χ3v) is 7.01. The molecule has 0 amide bonds. The lowest BCUT2D eigenvalue weighted by atomic mass is 9.94. The van der Waals surface area contributed by atoms with Gasteiger partial charge in [0.2, 0.25) is 0 Å². The maximum absolute atomic E-state index is 2.43. The monoisotopic (exact) mass is 431 g/mol. The molecule has 6 aromatic carbocycles. The molecule has 0 atom stereocenters. The fourth-order valence-electron chi connectivity index (χ4n) is 5.35. The van der Waals surface area contributed by atoms with Crippen LogP contribution >= 0.6 is 0 Å². The van der Waals surface area contributed by atoms with Crippen molar-refractivity contribution >= 4 is 56.7 Å². The average molecular weight is 431 g/mol. The highest BCUT2D eigenvalue weighted by atomic mass is 15.0. The Kier molecular flexibility index (Phi) is 4.16. The predicted molar refractivity (Wildman–Crippen MR) is 149 cm³/mol. The van der Waals surface area contributed by atoms with Gasteiger partial charge in [0.15, 0.2) is 0 Å². The number of rotatable bonds is 2. The third kappa shape index (κ3) is 2.89. The van der Waals surface area contributed by atoms with Crippen molar-refractivity contribution in [1.29, 1.82) is 0 Å². The summed E-state index contributed by atoms with van der Waals surface area (Å²) in [6, 6.07) is 44.3. The summed E-state index contributed by atoms with van der Waals surface area (Å²) in [6.45, 7) is 0. The minimum absolute atomic E-state index is 1.22. The highest BCUT2D eigenvalue weighted by Gasteiger charge is 2.15. The smallest absolute Gasteiger partial charge is 0.139 e. The quantitative estimate of drug-likeness (QED) is 0.259. The van der Waals surface area contributed by atoms with Gasteiger partial charge in [-0.1, -0.05) is 96.5 Å². The standard InChI is InChI=1S/C32H22BN/c33-26-15-17-32-29(20-26)28-19-25(24-13-12-21-6-1-2-8-23(21)18-24)14-16-31(28)34(32)30-11-5-9-22-7-3-4-10-27(22)30/h1-20H,33H2. The van der Waals surface area contributed by atoms with E-state index in [1.54, 1.807) is 0 Å². The van der Waals surface area contributed by atoms with Gasteiger partial charge in [0.1, 0.15) is 7.85 Å². The molecule has 1 aromatic heterocycles. The molecular formula is C32H22BN. The van der Waals surface area contributed by atoms with Gasteiger partial charge >= 0.3 is 0 Å². The second-order valence-corrected chi connectivity index (χ2v) is 9.15. The van der Waals surface area contributed by atoms with Gasteiger partial charge in [-0.3, -0.25) is 0 Å². The zero-order chi connectivity index (χ0) is 22.6. The first-order valence-electron chi connectivity index (χ1n) is 11.8. The summed E-state index contributed by atoms with van der Waals surface area (Å²) in [5.74, 6) is 0. The van der Waals surface area contributed by atoms with Gasteiger partial charge < -0.3 is 4.57 Å². The molecule has 0 fully saturated rings. The van der Waals surface area contributed by atoms with Crippen LogP contribution in [0.5, 0.6) is 0 Å². The van der Waals surface area contributed by atoms with Gasteiger partial charge in [-0.05, 0) is 57.6 Å². The largest absolute Gasteiger partial charge is 0.309 e. The van der Waals surface area contributed by atoms with Crippen LogP contribution < -0.4 is 5.46 Å². The van der Waals surface area contributed by atoms with Crippen LogP contribution in [0.3, 0.4) is 0 Å². The van der Waals surface area contributed by atoms with Crippen LogP contribution in [-0.2, 0) is 0 Å². The topological polar surface area (TPSA) is 4.93 Å². The Balaban J connectivity index is 1.54. The number of nitrogens with zero attached hydrogens (tertiary/aromatic N) is 1. The lowest BCUT2D eigenvalue weighted by Gasteiger charge is -2.12. The van der Waals surface area contributed by atoms with Crippen molar-refractivity contribution in [2.45, 2.75) is 0 Å². The van der Waals surface area contributed by atoms with Gasteiger partial charge in [0.05, 0.1) is 16.7 Å². The van der Waals surface area contributed by atoms with Crippen molar-refractivity contribution in [3.63, 3.8) is 0 Å². The lowest BCUT2D eigenvalue weighted by Crippen LogP contribution is -2.00. The molecular weight excluding hydrogens is 409 g/mol. The lowest BCUT2D eigenvalue weighted by molar-refractivity contribution is 1.20. The van der Waals surface area contributed by atoms with Crippen molar-refractivity contribution in [3.8, 4) is 16.8 Å². The van der Waals surface area contributed by atoms with Crippen LogP contribution in [0.4, 0.5) is 0 Å². The van der Waals surface area contributed by atoms with Crippen LogP contribution in [0.25, 0.3) is 60.2 Å². The van der Waals surface area contributed by atoms with Crippen molar-refractivity contribution in [3.05, 3.63) is 121 Å². The molecule has 2 heteroatoms. The summed E-state index contributed by atoms with van der Waals surface area (Å²) >= 11 is 0. The average Bonchev–Trinajstić information content (AvgIpc) is 3.20. The van der Waals surface area contributed by atoms with E-state index in [4.69, 9.17) is 0 Å². The minimum Gasteiger partial charge on any atom is -0.309 e. The van der Waals surface area contributed by atoms with Crippen molar-refractivity contribution in [1.82, 2.24) is 4.57 Å². The normalized spacial score (nSPS) is 11.6. The highest BCUT2D eigenvalue weighted by molar-refractivity contribution is 6.34. The molecule has 0 radical (unpaired) electrons. The van der Waals surface area contributed by atoms with Crippen molar-refractivity contribution in [2.75, 3.05) is 0 Å². The zero-order valence-corrected chi connectivity index (χ0v) is 19.0. The van der Waals surface area contributed by atoms with E-state index in [1.807, 2.05) is 0 Å². The fourth-order valence-corrected chi connectivity index (χ4v) is 5.35. The summed E-state index contributed by atoms with van der Waals surface area (Å²) in [5.41, 5.74) is 7.48. The molecule has 0 saturated carbocycles. The number of benzene rings is 6. The van der Waals surface area contributed by atoms with Gasteiger partial charge in [-0.15, -0.1) is 0 Å². The van der Waals surface area contributed by atoms with Crippen molar-refractivity contribution in [2.24, 2.45) is 0 Å². The summed E-state index contributed by atoms with van der Waals surface area (Å²) in [5, 5.41) is 7.66.